The van der Waals surface area contributed by atoms with Crippen LogP contribution in [0.3, 0.4) is 0 Å². The Hall–Kier alpha value is -3.00. The molecule has 2 aromatic heterocycles. The van der Waals surface area contributed by atoms with E-state index in [2.05, 4.69) is 9.88 Å². The monoisotopic (exact) mass is 597 g/mol. The van der Waals surface area contributed by atoms with Gasteiger partial charge < -0.3 is 19.4 Å². The third kappa shape index (κ3) is 7.00. The molecule has 0 saturated heterocycles. The number of methoxy groups -OCH3 is 1. The number of hydrogen-bond donors (Lipinski definition) is 1. The molecule has 0 atom stereocenters. The van der Waals surface area contributed by atoms with Crippen LogP contribution in [0.5, 0.6) is 11.5 Å². The van der Waals surface area contributed by atoms with Gasteiger partial charge in [0.1, 0.15) is 23.1 Å². The highest BCUT2D eigenvalue weighted by molar-refractivity contribution is 7.09. The SMILES string of the molecule is COc1ccc(Cn2c(-c3csc(COc4cc(Cl)cc(Cl)c4)n3)cc(C(=O)NCC3CCCCC3)c2C)cc1. The summed E-state index contributed by atoms with van der Waals surface area (Å²) in [7, 11) is 1.66. The number of carbonyl (C=O) groups excluding carboxylic acids is 1. The van der Waals surface area contributed by atoms with E-state index < -0.39 is 0 Å². The summed E-state index contributed by atoms with van der Waals surface area (Å²) in [6, 6.07) is 15.1. The fourth-order valence-electron chi connectivity index (χ4n) is 5.18. The molecule has 5 rings (SSSR count). The van der Waals surface area contributed by atoms with Crippen molar-refractivity contribution in [1.29, 1.82) is 0 Å². The number of halogens is 2. The van der Waals surface area contributed by atoms with Crippen LogP contribution in [0.25, 0.3) is 11.4 Å². The van der Waals surface area contributed by atoms with Gasteiger partial charge in [-0.05, 0) is 67.6 Å². The molecular weight excluding hydrogens is 565 g/mol. The van der Waals surface area contributed by atoms with Crippen LogP contribution < -0.4 is 14.8 Å². The highest BCUT2D eigenvalue weighted by atomic mass is 35.5. The number of amides is 1. The van der Waals surface area contributed by atoms with Gasteiger partial charge in [0.25, 0.3) is 5.91 Å². The molecule has 1 aliphatic rings. The third-order valence-electron chi connectivity index (χ3n) is 7.40. The van der Waals surface area contributed by atoms with Gasteiger partial charge >= 0.3 is 0 Å². The number of ether oxygens (including phenoxy) is 2. The van der Waals surface area contributed by atoms with Crippen LogP contribution in [0.2, 0.25) is 10.0 Å². The van der Waals surface area contributed by atoms with E-state index in [0.717, 1.165) is 39.9 Å². The number of benzene rings is 2. The molecule has 1 amide bonds. The lowest BCUT2D eigenvalue weighted by Crippen LogP contribution is -2.30. The molecule has 0 spiro atoms. The van der Waals surface area contributed by atoms with Gasteiger partial charge in [-0.15, -0.1) is 11.3 Å². The van der Waals surface area contributed by atoms with E-state index in [4.69, 9.17) is 37.7 Å². The van der Waals surface area contributed by atoms with Crippen molar-refractivity contribution in [2.45, 2.75) is 52.2 Å². The fourth-order valence-corrected chi connectivity index (χ4v) is 6.38. The van der Waals surface area contributed by atoms with Crippen LogP contribution in [0.1, 0.15) is 58.7 Å². The lowest BCUT2D eigenvalue weighted by molar-refractivity contribution is 0.0943. The van der Waals surface area contributed by atoms with Gasteiger partial charge in [-0.3, -0.25) is 4.79 Å². The van der Waals surface area contributed by atoms with Gasteiger partial charge in [0.15, 0.2) is 0 Å². The zero-order valence-corrected chi connectivity index (χ0v) is 25.0. The van der Waals surface area contributed by atoms with E-state index >= 15 is 0 Å². The Kier molecular flexibility index (Phi) is 9.35. The number of nitrogens with zero attached hydrogens (tertiary/aromatic N) is 2. The predicted octanol–water partition coefficient (Wildman–Crippen LogP) is 8.17. The zero-order valence-electron chi connectivity index (χ0n) is 22.7. The molecule has 4 aromatic rings. The Morgan fingerprint density at radius 3 is 2.48 bits per heavy atom. The standard InChI is InChI=1S/C31H33Cl2N3O3S/c1-20-27(31(37)34-16-21-6-4-3-5-7-21)15-29(36(20)17-22-8-10-25(38-2)11-9-22)28-19-40-30(35-28)18-39-26-13-23(32)12-24(33)14-26/h8-15,19,21H,3-7,16-18H2,1-2H3,(H,34,37). The second kappa shape index (κ2) is 13.1. The summed E-state index contributed by atoms with van der Waals surface area (Å²) in [5.74, 6) is 1.93. The van der Waals surface area contributed by atoms with Gasteiger partial charge in [-0.2, -0.15) is 0 Å². The Labute approximate surface area is 249 Å². The summed E-state index contributed by atoms with van der Waals surface area (Å²) >= 11 is 13.7. The van der Waals surface area contributed by atoms with Crippen LogP contribution in [-0.2, 0) is 13.2 Å². The third-order valence-corrected chi connectivity index (χ3v) is 8.66. The maximum atomic E-state index is 13.4. The van der Waals surface area contributed by atoms with E-state index in [0.29, 0.717) is 33.8 Å². The average Bonchev–Trinajstić information content (AvgIpc) is 3.55. The van der Waals surface area contributed by atoms with Crippen molar-refractivity contribution < 1.29 is 14.3 Å². The summed E-state index contributed by atoms with van der Waals surface area (Å²) in [4.78, 5) is 18.2. The van der Waals surface area contributed by atoms with Crippen LogP contribution in [0, 0.1) is 12.8 Å². The molecule has 9 heteroatoms. The normalized spacial score (nSPS) is 13.8. The molecule has 0 radical (unpaired) electrons. The first-order valence-electron chi connectivity index (χ1n) is 13.5. The number of carbonyl (C=O) groups is 1. The molecule has 0 unspecified atom stereocenters. The molecule has 6 nitrogen and oxygen atoms in total. The lowest BCUT2D eigenvalue weighted by atomic mass is 9.89. The van der Waals surface area contributed by atoms with Gasteiger partial charge in [0.05, 0.1) is 24.1 Å². The van der Waals surface area contributed by atoms with Crippen molar-refractivity contribution in [1.82, 2.24) is 14.9 Å². The highest BCUT2D eigenvalue weighted by Crippen LogP contribution is 2.30. The van der Waals surface area contributed by atoms with E-state index in [-0.39, 0.29) is 12.5 Å². The van der Waals surface area contributed by atoms with Gasteiger partial charge in [-0.25, -0.2) is 4.98 Å². The van der Waals surface area contributed by atoms with Crippen LogP contribution in [0.4, 0.5) is 0 Å². The van der Waals surface area contributed by atoms with E-state index in [1.165, 1.54) is 43.4 Å². The largest absolute Gasteiger partial charge is 0.497 e. The van der Waals surface area contributed by atoms with E-state index in [1.54, 1.807) is 25.3 Å². The molecule has 40 heavy (non-hydrogen) atoms. The van der Waals surface area contributed by atoms with Crippen LogP contribution >= 0.6 is 34.5 Å². The van der Waals surface area contributed by atoms with Crippen molar-refractivity contribution >= 4 is 40.4 Å². The first-order valence-corrected chi connectivity index (χ1v) is 15.2. The molecule has 0 bridgehead atoms. The minimum Gasteiger partial charge on any atom is -0.497 e. The summed E-state index contributed by atoms with van der Waals surface area (Å²) in [5.41, 5.74) is 4.39. The maximum Gasteiger partial charge on any atom is 0.253 e. The smallest absolute Gasteiger partial charge is 0.253 e. The topological polar surface area (TPSA) is 65.4 Å². The summed E-state index contributed by atoms with van der Waals surface area (Å²) < 4.78 is 13.4. The Morgan fingerprint density at radius 1 is 1.05 bits per heavy atom. The van der Waals surface area contributed by atoms with Crippen molar-refractivity contribution in [3.63, 3.8) is 0 Å². The van der Waals surface area contributed by atoms with Crippen molar-refractivity contribution in [3.8, 4) is 22.9 Å². The zero-order chi connectivity index (χ0) is 28.1. The number of hydrogen-bond acceptors (Lipinski definition) is 5. The maximum absolute atomic E-state index is 13.4. The summed E-state index contributed by atoms with van der Waals surface area (Å²) in [6.07, 6.45) is 6.18. The Balaban J connectivity index is 1.39. The molecule has 1 fully saturated rings. The van der Waals surface area contributed by atoms with E-state index in [1.807, 2.05) is 42.6 Å². The van der Waals surface area contributed by atoms with Crippen molar-refractivity contribution in [2.24, 2.45) is 5.92 Å². The molecule has 1 aliphatic carbocycles. The van der Waals surface area contributed by atoms with Gasteiger partial charge in [-0.1, -0.05) is 54.6 Å². The van der Waals surface area contributed by atoms with Crippen LogP contribution in [0.15, 0.2) is 53.9 Å². The summed E-state index contributed by atoms with van der Waals surface area (Å²) in [6.45, 7) is 3.62. The first kappa shape index (κ1) is 28.5. The second-order valence-electron chi connectivity index (χ2n) is 10.2. The number of rotatable bonds is 10. The number of thiazole rings is 1. The van der Waals surface area contributed by atoms with Crippen molar-refractivity contribution in [3.05, 3.63) is 85.8 Å². The van der Waals surface area contributed by atoms with E-state index in [9.17, 15) is 4.79 Å². The average molecular weight is 599 g/mol. The van der Waals surface area contributed by atoms with Crippen LogP contribution in [-0.4, -0.2) is 29.1 Å². The van der Waals surface area contributed by atoms with Crippen molar-refractivity contribution in [2.75, 3.05) is 13.7 Å². The molecule has 2 aromatic carbocycles. The number of nitrogens with one attached hydrogen (secondary N) is 1. The van der Waals surface area contributed by atoms with Gasteiger partial charge in [0, 0.05) is 34.2 Å². The minimum absolute atomic E-state index is 0.0329. The summed E-state index contributed by atoms with van der Waals surface area (Å²) in [5, 5.41) is 7.06. The Morgan fingerprint density at radius 2 is 1.77 bits per heavy atom. The first-order chi connectivity index (χ1) is 19.4. The predicted molar refractivity (Wildman–Crippen MR) is 162 cm³/mol. The second-order valence-corrected chi connectivity index (χ2v) is 12.0. The fraction of sp³-hybridized carbons (Fsp3) is 0.355. The lowest BCUT2D eigenvalue weighted by Gasteiger charge is -2.21. The molecule has 0 aliphatic heterocycles. The molecule has 1 saturated carbocycles. The number of aromatic nitrogens is 2. The molecule has 210 valence electrons. The molecular formula is C31H33Cl2N3O3S. The Bertz CT molecular complexity index is 1440. The van der Waals surface area contributed by atoms with Gasteiger partial charge in [0.2, 0.25) is 0 Å². The molecule has 2 heterocycles. The molecule has 1 N–H and O–H groups in total. The highest BCUT2D eigenvalue weighted by Gasteiger charge is 2.22. The minimum atomic E-state index is -0.0329. The quantitative estimate of drug-likeness (QED) is 0.200.